The van der Waals surface area contributed by atoms with Gasteiger partial charge in [0.25, 0.3) is 0 Å². The molecule has 6 rings (SSSR count). The number of carboxylic acid groups (broad SMARTS) is 2. The highest BCUT2D eigenvalue weighted by molar-refractivity contribution is 7.86. The van der Waals surface area contributed by atoms with Crippen LogP contribution in [-0.4, -0.2) is 116 Å². The van der Waals surface area contributed by atoms with Crippen molar-refractivity contribution < 1.29 is 60.2 Å². The molecule has 0 saturated carbocycles. The number of ether oxygens (including phenoxy) is 1. The highest BCUT2D eigenvalue weighted by Crippen LogP contribution is 2.49. The van der Waals surface area contributed by atoms with Crippen LogP contribution in [0.15, 0.2) is 93.0 Å². The van der Waals surface area contributed by atoms with Crippen molar-refractivity contribution in [3.63, 3.8) is 0 Å². The monoisotopic (exact) mass is 951 g/mol. The minimum absolute atomic E-state index is 0.0628. The second kappa shape index (κ2) is 20.5. The fourth-order valence-electron chi connectivity index (χ4n) is 10.1. The van der Waals surface area contributed by atoms with Crippen LogP contribution in [0, 0.1) is 0 Å². The lowest BCUT2D eigenvalue weighted by molar-refractivity contribution is -0.850. The minimum Gasteiger partial charge on any atom is -0.744 e. The third kappa shape index (κ3) is 11.2. The highest BCUT2D eigenvalue weighted by atomic mass is 32.2. The maximum Gasteiger partial charge on any atom is 0.409 e. The molecule has 1 fully saturated rings. The molecule has 2 unspecified atom stereocenters. The van der Waals surface area contributed by atoms with Crippen LogP contribution in [0.2, 0.25) is 0 Å². The zero-order valence-corrected chi connectivity index (χ0v) is 40.1. The van der Waals surface area contributed by atoms with Crippen LogP contribution in [0.4, 0.5) is 16.2 Å². The van der Waals surface area contributed by atoms with E-state index in [0.29, 0.717) is 89.8 Å². The Labute approximate surface area is 388 Å². The first-order valence-corrected chi connectivity index (χ1v) is 25.6. The molecule has 0 bridgehead atoms. The number of anilines is 1. The molecule has 0 aromatic heterocycles. The fourth-order valence-corrected chi connectivity index (χ4v) is 11.1. The van der Waals surface area contributed by atoms with Crippen molar-refractivity contribution in [3.8, 4) is 0 Å². The average Bonchev–Trinajstić information content (AvgIpc) is 3.81. The van der Waals surface area contributed by atoms with Crippen LogP contribution in [0.25, 0.3) is 0 Å². The van der Waals surface area contributed by atoms with Gasteiger partial charge in [-0.05, 0) is 125 Å². The predicted molar refractivity (Wildman–Crippen MR) is 245 cm³/mol. The van der Waals surface area contributed by atoms with Gasteiger partial charge >= 0.3 is 18.0 Å². The highest BCUT2D eigenvalue weighted by Gasteiger charge is 2.48. The number of carboxylic acids is 2. The fraction of sp³-hybridized carbons (Fsp3) is 0.521. The number of fused-ring (bicyclic) bond motifs is 2. The van der Waals surface area contributed by atoms with Gasteiger partial charge in [-0.1, -0.05) is 32.4 Å². The Morgan fingerprint density at radius 2 is 1.41 bits per heavy atom. The summed E-state index contributed by atoms with van der Waals surface area (Å²) < 4.78 is 78.3. The number of piperazine rings is 1. The van der Waals surface area contributed by atoms with Gasteiger partial charge in [-0.25, -0.2) is 21.6 Å². The van der Waals surface area contributed by atoms with E-state index in [0.717, 1.165) is 50.8 Å². The second-order valence-electron chi connectivity index (χ2n) is 18.6. The van der Waals surface area contributed by atoms with Crippen LogP contribution in [-0.2, 0) is 45.4 Å². The molecular formula is C48H63N4O12S2-. The molecule has 1 saturated heterocycles. The van der Waals surface area contributed by atoms with Gasteiger partial charge in [-0.3, -0.25) is 14.5 Å². The smallest absolute Gasteiger partial charge is 0.409 e. The van der Waals surface area contributed by atoms with Crippen LogP contribution in [0.5, 0.6) is 0 Å². The molecule has 16 nitrogen and oxygen atoms in total. The van der Waals surface area contributed by atoms with E-state index in [1.54, 1.807) is 24.0 Å². The van der Waals surface area contributed by atoms with E-state index in [9.17, 15) is 50.5 Å². The van der Waals surface area contributed by atoms with Crippen LogP contribution in [0.3, 0.4) is 0 Å². The molecule has 360 valence electrons. The number of hydrogen-bond donors (Lipinski definition) is 3. The number of allylic oxidation sites excluding steroid dienone is 6. The number of carbonyl (C=O) groups excluding carboxylic acids is 1. The summed E-state index contributed by atoms with van der Waals surface area (Å²) in [4.78, 5) is 41.8. The number of carbonyl (C=O) groups is 3. The lowest BCUT2D eigenvalue weighted by atomic mass is 9.80. The Morgan fingerprint density at radius 3 is 2.02 bits per heavy atom. The molecule has 66 heavy (non-hydrogen) atoms. The maximum atomic E-state index is 12.7. The molecule has 3 heterocycles. The van der Waals surface area contributed by atoms with Gasteiger partial charge in [0.1, 0.15) is 32.0 Å². The van der Waals surface area contributed by atoms with Crippen molar-refractivity contribution in [3.05, 3.63) is 94.4 Å². The molecule has 4 aliphatic rings. The van der Waals surface area contributed by atoms with Crippen LogP contribution < -0.4 is 9.80 Å². The molecule has 2 aromatic rings. The third-order valence-corrected chi connectivity index (χ3v) is 15.2. The van der Waals surface area contributed by atoms with Gasteiger partial charge in [0.15, 0.2) is 0 Å². The van der Waals surface area contributed by atoms with E-state index in [1.807, 2.05) is 27.7 Å². The van der Waals surface area contributed by atoms with Gasteiger partial charge < -0.3 is 38.8 Å². The van der Waals surface area contributed by atoms with E-state index in [-0.39, 0.29) is 41.4 Å². The summed E-state index contributed by atoms with van der Waals surface area (Å²) in [7, 11) is -9.44. The number of nitrogens with zero attached hydrogens (tertiary/aromatic N) is 3. The molecular weight excluding hydrogens is 889 g/mol. The minimum atomic E-state index is -4.73. The Balaban J connectivity index is 1.40. The van der Waals surface area contributed by atoms with Gasteiger partial charge in [-0.2, -0.15) is 0 Å². The van der Waals surface area contributed by atoms with Gasteiger partial charge in [-0.15, -0.1) is 0 Å². The molecule has 18 heteroatoms. The molecule has 1 amide bonds. The summed E-state index contributed by atoms with van der Waals surface area (Å²) in [5.41, 5.74) is 5.91. The van der Waals surface area contributed by atoms with Crippen LogP contribution in [0.1, 0.15) is 110 Å². The maximum absolute atomic E-state index is 12.7. The Morgan fingerprint density at radius 1 is 0.803 bits per heavy atom. The molecule has 0 spiro atoms. The number of nitrogens with one attached hydrogen (secondary N) is 1. The van der Waals surface area contributed by atoms with Gasteiger partial charge in [0.05, 0.1) is 28.4 Å². The summed E-state index contributed by atoms with van der Waals surface area (Å²) >= 11 is 0. The topological polar surface area (TPSA) is 229 Å². The molecule has 2 aromatic carbocycles. The van der Waals surface area contributed by atoms with E-state index in [1.165, 1.54) is 24.3 Å². The van der Waals surface area contributed by atoms with Gasteiger partial charge in [0.2, 0.25) is 0 Å². The first kappa shape index (κ1) is 50.4. The molecule has 2 atom stereocenters. The first-order chi connectivity index (χ1) is 31.0. The number of quaternary nitrogens is 1. The first-order valence-electron chi connectivity index (χ1n) is 22.8. The number of rotatable bonds is 19. The van der Waals surface area contributed by atoms with Gasteiger partial charge in [0, 0.05) is 79.7 Å². The molecule has 3 N–H and O–H groups in total. The van der Waals surface area contributed by atoms with E-state index in [4.69, 9.17) is 4.74 Å². The third-order valence-electron chi connectivity index (χ3n) is 13.6. The zero-order chi connectivity index (χ0) is 48.2. The Kier molecular flexibility index (Phi) is 15.6. The second-order valence-corrected chi connectivity index (χ2v) is 21.4. The lowest BCUT2D eigenvalue weighted by Crippen LogP contribution is -3.10. The molecule has 1 aliphatic carbocycles. The predicted octanol–water partition coefficient (Wildman–Crippen LogP) is 5.95. The summed E-state index contributed by atoms with van der Waals surface area (Å²) in [5, 5.41) is 18.4. The van der Waals surface area contributed by atoms with E-state index >= 15 is 0 Å². The number of benzene rings is 2. The van der Waals surface area contributed by atoms with Crippen molar-refractivity contribution in [2.45, 2.75) is 125 Å². The van der Waals surface area contributed by atoms with Crippen LogP contribution >= 0.6 is 0 Å². The Hall–Kier alpha value is -5.01. The van der Waals surface area contributed by atoms with Crippen molar-refractivity contribution in [2.24, 2.45) is 0 Å². The number of hydrogen-bond acceptors (Lipinski definition) is 12. The summed E-state index contributed by atoms with van der Waals surface area (Å²) in [6.45, 7) is 13.3. The van der Waals surface area contributed by atoms with E-state index in [2.05, 4.69) is 34.1 Å². The largest absolute Gasteiger partial charge is 0.744 e. The number of amides is 1. The average molecular weight is 952 g/mol. The quantitative estimate of drug-likeness (QED) is 0.109. The van der Waals surface area contributed by atoms with Crippen molar-refractivity contribution in [1.82, 2.24) is 9.80 Å². The molecule has 3 aliphatic heterocycles. The number of unbranched alkanes of at least 4 members (excludes halogenated alkanes) is 4. The number of aliphatic carboxylic acids is 2. The zero-order valence-electron chi connectivity index (χ0n) is 38.5. The summed E-state index contributed by atoms with van der Waals surface area (Å²) in [6.07, 6.45) is 13.5. The summed E-state index contributed by atoms with van der Waals surface area (Å²) in [5.74, 6) is -1.70. The van der Waals surface area contributed by atoms with Crippen molar-refractivity contribution >= 4 is 49.6 Å². The lowest BCUT2D eigenvalue weighted by Gasteiger charge is -2.37. The summed E-state index contributed by atoms with van der Waals surface area (Å²) in [6, 6.07) is 8.87. The van der Waals surface area contributed by atoms with Crippen molar-refractivity contribution in [2.75, 3.05) is 50.8 Å². The molecule has 0 radical (unpaired) electrons. The van der Waals surface area contributed by atoms with Crippen molar-refractivity contribution in [1.29, 1.82) is 0 Å². The normalized spacial score (nSPS) is 21.6. The SMILES string of the molecule is CCOC(=O)N1CCN(C2=C(/C=C/C3[NH+](CCCCCC(=O)O)c4ccc(S(=O)(=O)[O-])cc4C3(C)C)CC/C2=C\C=C2\N(CCCCCC(=O)O)c3ccc(S(=O)(=O)[O-])cc3C2(C)C)CC1. The standard InChI is InChI=1S/C48H64N4O12S2/c1-6-64-46(57)50-29-27-49(28-30-50)45-33(17-23-41-47(2,3)37-31-35(65(58,59)60)19-21-39(37)51(41)25-11-7-9-13-43(53)54)15-16-34(45)18-24-42-48(4,5)38-32-36(66(61,62)63)20-22-40(38)52(42)26-12-8-10-14-44(55)56/h17-24,31-32,41H,6-16,25-30H2,1-5H3,(H,53,54)(H,55,56)(H,58,59,60)(H,61,62,63)/p-1/b23-17+,34-18+,42-24+. The van der Waals surface area contributed by atoms with E-state index < -0.39 is 43.0 Å². The Bertz CT molecular complexity index is 2540.